The van der Waals surface area contributed by atoms with E-state index in [1.165, 1.54) is 36.9 Å². The number of hydrogen-bond donors (Lipinski definition) is 0. The van der Waals surface area contributed by atoms with Crippen LogP contribution in [-0.4, -0.2) is 20.3 Å². The molecular weight excluding hydrogens is 973 g/mol. The number of benzene rings is 6. The fourth-order valence-corrected chi connectivity index (χ4v) is 12.8. The maximum absolute atomic E-state index is 14.0. The van der Waals surface area contributed by atoms with E-state index in [1.807, 2.05) is 48.5 Å². The molecule has 2 nitrogen and oxygen atoms in total. The van der Waals surface area contributed by atoms with Gasteiger partial charge in [0.2, 0.25) is 0 Å². The van der Waals surface area contributed by atoms with E-state index in [0.29, 0.717) is 0 Å². The second-order valence-electron chi connectivity index (χ2n) is 16.8. The van der Waals surface area contributed by atoms with Crippen molar-refractivity contribution in [3.8, 4) is 0 Å². The van der Waals surface area contributed by atoms with Crippen LogP contribution >= 0.6 is 34.4 Å². The molecule has 13 heteroatoms. The SMILES string of the molecule is Cc1cc([S+](c2ccc3sc4ccccc4c(=O)c3c2)c2cc(C(C)(C)C)ccc2C)c(C(C)(C)C)cc1Sc1ccc2sc3ccccc3c(=O)c2c1.[F-].[F][Sb]([F])([F])([F])[F]. The van der Waals surface area contributed by atoms with Crippen molar-refractivity contribution in [1.29, 1.82) is 0 Å². The number of aryl methyl sites for hydroxylation is 2. The minimum absolute atomic E-state index is 0. The minimum atomic E-state index is -9.19. The topological polar surface area (TPSA) is 34.1 Å². The van der Waals surface area contributed by atoms with Gasteiger partial charge in [-0.05, 0) is 109 Å². The number of hydrogen-bond acceptors (Lipinski definition) is 5. The first-order valence-electron chi connectivity index (χ1n) is 19.1. The molecule has 0 fully saturated rings. The summed E-state index contributed by atoms with van der Waals surface area (Å²) >= 11 is -4.11. The molecule has 2 heterocycles. The van der Waals surface area contributed by atoms with Crippen LogP contribution in [0.2, 0.25) is 0 Å². The van der Waals surface area contributed by atoms with Crippen molar-refractivity contribution in [3.63, 3.8) is 0 Å². The van der Waals surface area contributed by atoms with Gasteiger partial charge in [-0.2, -0.15) is 0 Å². The Morgan fingerprint density at radius 3 is 1.59 bits per heavy atom. The van der Waals surface area contributed by atoms with Crippen LogP contribution in [0.25, 0.3) is 40.3 Å². The van der Waals surface area contributed by atoms with Crippen LogP contribution in [0, 0.1) is 13.8 Å². The Morgan fingerprint density at radius 1 is 0.541 bits per heavy atom. The average Bonchev–Trinajstić information content (AvgIpc) is 3.15. The average molecular weight is 1020 g/mol. The van der Waals surface area contributed by atoms with Crippen molar-refractivity contribution in [2.45, 2.75) is 90.7 Å². The van der Waals surface area contributed by atoms with Gasteiger partial charge >= 0.3 is 34.4 Å². The second-order valence-corrected chi connectivity index (χ2v) is 25.7. The first kappa shape index (κ1) is 46.7. The van der Waals surface area contributed by atoms with Crippen LogP contribution < -0.4 is 15.6 Å². The fourth-order valence-electron chi connectivity index (χ4n) is 7.07. The summed E-state index contributed by atoms with van der Waals surface area (Å²) in [7, 11) is -0.511. The van der Waals surface area contributed by atoms with Crippen molar-refractivity contribution in [2.24, 2.45) is 0 Å². The van der Waals surface area contributed by atoms with Gasteiger partial charge in [0, 0.05) is 67.3 Å². The normalized spacial score (nSPS) is 13.4. The number of fused-ring (bicyclic) bond motifs is 4. The quantitative estimate of drug-likeness (QED) is 0.0746. The Kier molecular flexibility index (Phi) is 13.1. The summed E-state index contributed by atoms with van der Waals surface area (Å²) in [4.78, 5) is 33.6. The third-order valence-corrected chi connectivity index (χ3v) is 16.0. The van der Waals surface area contributed by atoms with E-state index in [-0.39, 0.29) is 26.4 Å². The van der Waals surface area contributed by atoms with Crippen molar-refractivity contribution < 1.29 is 18.8 Å². The maximum atomic E-state index is 14.0. The van der Waals surface area contributed by atoms with E-state index >= 15 is 0 Å². The van der Waals surface area contributed by atoms with Gasteiger partial charge in [0.1, 0.15) is 0 Å². The van der Waals surface area contributed by atoms with E-state index in [1.54, 1.807) is 34.4 Å². The molecule has 0 N–H and O–H groups in total. The standard InChI is InChI=1S/C48H43O2S4.6FH.Sb/c1-28-17-18-30(47(3,4)5)24-43(28)54(32-20-22-41-36(26-32)46(50)34-14-10-12-16-39(34)53-41)44-23-29(2)42(27-37(44)48(6,7)8)51-31-19-21-40-35(25-31)45(49)33-13-9-11-15-38(33)52-40;;;;;;;/h9-27H,1-8H3;6*1H;/q+1;;;;;;;+5/p-6. The van der Waals surface area contributed by atoms with E-state index in [9.17, 15) is 23.7 Å². The molecule has 0 radical (unpaired) electrons. The van der Waals surface area contributed by atoms with Crippen LogP contribution in [0.3, 0.4) is 0 Å². The molecule has 1 atom stereocenters. The van der Waals surface area contributed by atoms with Crippen LogP contribution in [0.15, 0.2) is 149 Å². The molecule has 0 bridgehead atoms. The third-order valence-electron chi connectivity index (χ3n) is 10.1. The molecular formula is C48H43F6O2S4Sb. The summed E-state index contributed by atoms with van der Waals surface area (Å²) in [6.45, 7) is 18.1. The fraction of sp³-hybridized carbons (Fsp3) is 0.208. The summed E-state index contributed by atoms with van der Waals surface area (Å²) in [5.74, 6) is 0. The van der Waals surface area contributed by atoms with Crippen molar-refractivity contribution in [3.05, 3.63) is 158 Å². The molecule has 8 rings (SSSR count). The summed E-state index contributed by atoms with van der Waals surface area (Å²) < 4.78 is 53.6. The van der Waals surface area contributed by atoms with E-state index in [4.69, 9.17) is 0 Å². The summed E-state index contributed by atoms with van der Waals surface area (Å²) in [5.41, 5.74) is 4.98. The molecule has 0 amide bonds. The molecule has 61 heavy (non-hydrogen) atoms. The molecule has 0 aliphatic rings. The molecule has 0 saturated heterocycles. The van der Waals surface area contributed by atoms with E-state index in [0.717, 1.165) is 50.1 Å². The van der Waals surface area contributed by atoms with E-state index in [2.05, 4.69) is 122 Å². The van der Waals surface area contributed by atoms with Crippen LogP contribution in [0.4, 0.5) is 14.1 Å². The van der Waals surface area contributed by atoms with Gasteiger partial charge in [0.05, 0.1) is 10.9 Å². The van der Waals surface area contributed by atoms with Gasteiger partial charge in [0.15, 0.2) is 25.5 Å². The van der Waals surface area contributed by atoms with Gasteiger partial charge in [-0.1, -0.05) is 89.7 Å². The van der Waals surface area contributed by atoms with Gasteiger partial charge in [-0.25, -0.2) is 0 Å². The molecule has 1 unspecified atom stereocenters. The predicted octanol–water partition coefficient (Wildman–Crippen LogP) is 12.3. The number of halogens is 6. The molecule has 2 aromatic heterocycles. The second kappa shape index (κ2) is 17.1. The Morgan fingerprint density at radius 2 is 1.05 bits per heavy atom. The van der Waals surface area contributed by atoms with Gasteiger partial charge in [-0.3, -0.25) is 9.59 Å². The first-order valence-corrected chi connectivity index (χ1v) is 27.6. The summed E-state index contributed by atoms with van der Waals surface area (Å²) in [6.07, 6.45) is 0. The van der Waals surface area contributed by atoms with Crippen LogP contribution in [-0.2, 0) is 21.7 Å². The molecule has 0 aliphatic carbocycles. The van der Waals surface area contributed by atoms with Gasteiger partial charge in [0.25, 0.3) is 0 Å². The molecule has 6 aromatic carbocycles. The van der Waals surface area contributed by atoms with Crippen molar-refractivity contribution >= 4 is 106 Å². The Hall–Kier alpha value is -3.80. The van der Waals surface area contributed by atoms with Gasteiger partial charge in [-0.15, -0.1) is 22.7 Å². The van der Waals surface area contributed by atoms with Crippen molar-refractivity contribution in [1.82, 2.24) is 0 Å². The monoisotopic (exact) mass is 1010 g/mol. The van der Waals surface area contributed by atoms with Crippen molar-refractivity contribution in [2.75, 3.05) is 0 Å². The first-order chi connectivity index (χ1) is 27.9. The zero-order valence-corrected chi connectivity index (χ0v) is 40.5. The molecule has 318 valence electrons. The zero-order valence-electron chi connectivity index (χ0n) is 34.6. The Balaban J connectivity index is 0.000000830. The Labute approximate surface area is 370 Å². The summed E-state index contributed by atoms with van der Waals surface area (Å²) in [5, 5.41) is 3.10. The predicted molar refractivity (Wildman–Crippen MR) is 249 cm³/mol. The zero-order chi connectivity index (χ0) is 43.6. The Bertz CT molecular complexity index is 3090. The molecule has 0 spiro atoms. The molecule has 0 aliphatic heterocycles. The molecule has 8 aromatic rings. The van der Waals surface area contributed by atoms with Crippen LogP contribution in [0.5, 0.6) is 0 Å². The third kappa shape index (κ3) is 10.5. The molecule has 0 saturated carbocycles. The van der Waals surface area contributed by atoms with Crippen LogP contribution in [0.1, 0.15) is 63.8 Å². The number of rotatable bonds is 5. The summed E-state index contributed by atoms with van der Waals surface area (Å²) in [6, 6.07) is 40.5. The van der Waals surface area contributed by atoms with E-state index < -0.39 is 31.2 Å². The van der Waals surface area contributed by atoms with Gasteiger partial charge < -0.3 is 4.70 Å².